The lowest BCUT2D eigenvalue weighted by molar-refractivity contribution is 0.154. The van der Waals surface area contributed by atoms with Crippen LogP contribution in [0.2, 0.25) is 5.02 Å². The Bertz CT molecular complexity index is 527. The van der Waals surface area contributed by atoms with Crippen LogP contribution in [0.1, 0.15) is 30.7 Å². The molecule has 3 saturated heterocycles. The Balaban J connectivity index is 1.74. The van der Waals surface area contributed by atoms with Gasteiger partial charge in [0.05, 0.1) is 5.71 Å². The van der Waals surface area contributed by atoms with Crippen molar-refractivity contribution in [2.24, 2.45) is 11.1 Å². The number of oxime groups is 1. The highest BCUT2D eigenvalue weighted by molar-refractivity contribution is 6.30. The molecule has 5 atom stereocenters. The molecule has 1 aromatic carbocycles. The molecule has 0 saturated carbocycles. The SMILES string of the molecule is O/N=C1/CN2C3CCC2C1C(c1ccc(Cl)cc1)C3. The fourth-order valence-electron chi connectivity index (χ4n) is 4.46. The minimum absolute atomic E-state index is 0.393. The van der Waals surface area contributed by atoms with Crippen molar-refractivity contribution in [3.05, 3.63) is 34.9 Å². The van der Waals surface area contributed by atoms with E-state index >= 15 is 0 Å². The topological polar surface area (TPSA) is 35.8 Å². The Morgan fingerprint density at radius 3 is 2.74 bits per heavy atom. The molecule has 0 amide bonds. The third-order valence-electron chi connectivity index (χ3n) is 5.22. The van der Waals surface area contributed by atoms with Crippen molar-refractivity contribution in [1.82, 2.24) is 4.90 Å². The summed E-state index contributed by atoms with van der Waals surface area (Å²) in [5.74, 6) is 0.879. The molecule has 3 heterocycles. The maximum atomic E-state index is 9.29. The Kier molecular flexibility index (Phi) is 2.61. The van der Waals surface area contributed by atoms with E-state index in [1.54, 1.807) is 0 Å². The van der Waals surface area contributed by atoms with Crippen molar-refractivity contribution in [2.75, 3.05) is 6.54 Å². The molecule has 5 unspecified atom stereocenters. The van der Waals surface area contributed by atoms with E-state index in [0.717, 1.165) is 17.3 Å². The lowest BCUT2D eigenvalue weighted by Gasteiger charge is -2.36. The number of piperidine rings is 1. The zero-order valence-corrected chi connectivity index (χ0v) is 11.4. The maximum Gasteiger partial charge on any atom is 0.0763 e. The van der Waals surface area contributed by atoms with Crippen LogP contribution in [0.5, 0.6) is 0 Å². The van der Waals surface area contributed by atoms with Gasteiger partial charge in [-0.2, -0.15) is 0 Å². The first-order valence-corrected chi connectivity index (χ1v) is 7.38. The van der Waals surface area contributed by atoms with Gasteiger partial charge in [-0.1, -0.05) is 28.9 Å². The molecule has 0 radical (unpaired) electrons. The van der Waals surface area contributed by atoms with Crippen molar-refractivity contribution >= 4 is 17.3 Å². The monoisotopic (exact) mass is 276 g/mol. The predicted molar refractivity (Wildman–Crippen MR) is 75.0 cm³/mol. The van der Waals surface area contributed by atoms with Gasteiger partial charge in [-0.25, -0.2) is 0 Å². The molecule has 0 spiro atoms. The van der Waals surface area contributed by atoms with Gasteiger partial charge in [0.15, 0.2) is 0 Å². The van der Waals surface area contributed by atoms with Crippen LogP contribution in [0.4, 0.5) is 0 Å². The highest BCUT2D eigenvalue weighted by Crippen LogP contribution is 2.51. The highest BCUT2D eigenvalue weighted by atomic mass is 35.5. The molecule has 3 aliphatic heterocycles. The minimum atomic E-state index is 0.393. The van der Waals surface area contributed by atoms with Gasteiger partial charge in [-0.15, -0.1) is 0 Å². The molecule has 4 bridgehead atoms. The molecule has 1 aromatic rings. The fraction of sp³-hybridized carbons (Fsp3) is 0.533. The van der Waals surface area contributed by atoms with E-state index < -0.39 is 0 Å². The summed E-state index contributed by atoms with van der Waals surface area (Å²) in [6.45, 7) is 0.862. The van der Waals surface area contributed by atoms with Gasteiger partial charge in [-0.3, -0.25) is 4.90 Å². The number of hydrogen-bond acceptors (Lipinski definition) is 3. The second-order valence-corrected chi connectivity index (χ2v) is 6.42. The molecule has 3 fully saturated rings. The highest BCUT2D eigenvalue weighted by Gasteiger charge is 2.54. The van der Waals surface area contributed by atoms with E-state index in [4.69, 9.17) is 11.6 Å². The van der Waals surface area contributed by atoms with Crippen molar-refractivity contribution < 1.29 is 5.21 Å². The normalized spacial score (nSPS) is 41.9. The Morgan fingerprint density at radius 1 is 1.21 bits per heavy atom. The number of rotatable bonds is 1. The first-order valence-electron chi connectivity index (χ1n) is 7.00. The van der Waals surface area contributed by atoms with E-state index in [-0.39, 0.29) is 0 Å². The van der Waals surface area contributed by atoms with Crippen LogP contribution in [0.25, 0.3) is 0 Å². The summed E-state index contributed by atoms with van der Waals surface area (Å²) in [7, 11) is 0. The average molecular weight is 277 g/mol. The first-order chi connectivity index (χ1) is 9.28. The third kappa shape index (κ3) is 1.65. The summed E-state index contributed by atoms with van der Waals surface area (Å²) >= 11 is 5.98. The summed E-state index contributed by atoms with van der Waals surface area (Å²) in [5, 5.41) is 13.7. The molecule has 4 rings (SSSR count). The van der Waals surface area contributed by atoms with Crippen molar-refractivity contribution in [2.45, 2.75) is 37.3 Å². The number of hydrogen-bond donors (Lipinski definition) is 1. The second-order valence-electron chi connectivity index (χ2n) is 5.98. The van der Waals surface area contributed by atoms with Crippen LogP contribution in [0.3, 0.4) is 0 Å². The molecule has 0 aromatic heterocycles. The lowest BCUT2D eigenvalue weighted by atomic mass is 9.77. The second kappa shape index (κ2) is 4.22. The van der Waals surface area contributed by atoms with Gasteiger partial charge >= 0.3 is 0 Å². The van der Waals surface area contributed by atoms with Gasteiger partial charge in [0.25, 0.3) is 0 Å². The molecular formula is C15H17ClN2O. The van der Waals surface area contributed by atoms with Crippen molar-refractivity contribution in [3.63, 3.8) is 0 Å². The maximum absolute atomic E-state index is 9.29. The molecule has 1 N–H and O–H groups in total. The smallest absolute Gasteiger partial charge is 0.0763 e. The quantitative estimate of drug-likeness (QED) is 0.632. The van der Waals surface area contributed by atoms with Crippen LogP contribution in [0.15, 0.2) is 29.4 Å². The summed E-state index contributed by atoms with van der Waals surface area (Å²) in [6, 6.07) is 9.46. The Morgan fingerprint density at radius 2 is 2.00 bits per heavy atom. The fourth-order valence-corrected chi connectivity index (χ4v) is 4.58. The molecule has 4 heteroatoms. The van der Waals surface area contributed by atoms with Gasteiger partial charge in [-0.05, 0) is 42.9 Å². The standard InChI is InChI=1S/C15H17ClN2O/c16-10-3-1-9(2-4-10)12-7-11-5-6-14-15(12)13(17-19)8-18(11)14/h1-4,11-12,14-15,19H,5-8H2/b17-13-. The van der Waals surface area contributed by atoms with Crippen LogP contribution in [0, 0.1) is 5.92 Å². The van der Waals surface area contributed by atoms with E-state index in [0.29, 0.717) is 23.9 Å². The van der Waals surface area contributed by atoms with Crippen molar-refractivity contribution in [1.29, 1.82) is 0 Å². The third-order valence-corrected chi connectivity index (χ3v) is 5.47. The van der Waals surface area contributed by atoms with Crippen LogP contribution in [-0.4, -0.2) is 34.4 Å². The zero-order valence-electron chi connectivity index (χ0n) is 10.7. The molecule has 3 aliphatic rings. The number of benzene rings is 1. The largest absolute Gasteiger partial charge is 0.411 e. The van der Waals surface area contributed by atoms with Crippen LogP contribution < -0.4 is 0 Å². The summed E-state index contributed by atoms with van der Waals surface area (Å²) < 4.78 is 0. The van der Waals surface area contributed by atoms with Crippen molar-refractivity contribution in [3.8, 4) is 0 Å². The lowest BCUT2D eigenvalue weighted by Crippen LogP contribution is -2.40. The summed E-state index contributed by atoms with van der Waals surface area (Å²) in [6.07, 6.45) is 3.73. The van der Waals surface area contributed by atoms with E-state index in [2.05, 4.69) is 22.2 Å². The first kappa shape index (κ1) is 11.7. The van der Waals surface area contributed by atoms with Gasteiger partial charge in [0, 0.05) is 29.6 Å². The average Bonchev–Trinajstić information content (AvgIpc) is 2.85. The van der Waals surface area contributed by atoms with E-state index in [1.807, 2.05) is 12.1 Å². The van der Waals surface area contributed by atoms with Crippen LogP contribution in [-0.2, 0) is 0 Å². The number of halogens is 1. The predicted octanol–water partition coefficient (Wildman–Crippen LogP) is 3.12. The minimum Gasteiger partial charge on any atom is -0.411 e. The van der Waals surface area contributed by atoms with Gasteiger partial charge in [0.1, 0.15) is 0 Å². The van der Waals surface area contributed by atoms with Crippen LogP contribution >= 0.6 is 11.6 Å². The molecule has 19 heavy (non-hydrogen) atoms. The Hall–Kier alpha value is -1.06. The van der Waals surface area contributed by atoms with Gasteiger partial charge in [0.2, 0.25) is 0 Å². The zero-order chi connectivity index (χ0) is 13.0. The van der Waals surface area contributed by atoms with E-state index in [9.17, 15) is 5.21 Å². The summed E-state index contributed by atoms with van der Waals surface area (Å²) in [4.78, 5) is 2.55. The molecule has 0 aliphatic carbocycles. The molecular weight excluding hydrogens is 260 g/mol. The van der Waals surface area contributed by atoms with E-state index in [1.165, 1.54) is 24.8 Å². The number of nitrogens with zero attached hydrogens (tertiary/aromatic N) is 2. The van der Waals surface area contributed by atoms with Gasteiger partial charge < -0.3 is 5.21 Å². The molecule has 3 nitrogen and oxygen atoms in total. The summed E-state index contributed by atoms with van der Waals surface area (Å²) in [5.41, 5.74) is 2.32. The molecule has 100 valence electrons. The Labute approximate surface area is 117 Å².